The van der Waals surface area contributed by atoms with Gasteiger partial charge in [-0.2, -0.15) is 0 Å². The summed E-state index contributed by atoms with van der Waals surface area (Å²) in [5.74, 6) is 0.876. The van der Waals surface area contributed by atoms with Crippen molar-refractivity contribution in [3.63, 3.8) is 0 Å². The van der Waals surface area contributed by atoms with Crippen LogP contribution < -0.4 is 4.74 Å². The monoisotopic (exact) mass is 445 g/mol. The van der Waals surface area contributed by atoms with E-state index < -0.39 is 4.75 Å². The van der Waals surface area contributed by atoms with E-state index in [2.05, 4.69) is 33.0 Å². The van der Waals surface area contributed by atoms with E-state index in [-0.39, 0.29) is 5.78 Å². The fraction of sp³-hybridized carbons (Fsp3) is 0.409. The topological polar surface area (TPSA) is 29.5 Å². The highest BCUT2D eigenvalue weighted by molar-refractivity contribution is 9.10. The highest BCUT2D eigenvalue weighted by Gasteiger charge is 2.47. The lowest BCUT2D eigenvalue weighted by molar-refractivity contribution is 0.0805. The van der Waals surface area contributed by atoms with Gasteiger partial charge in [-0.05, 0) is 78.6 Å². The third kappa shape index (κ3) is 3.96. The summed E-state index contributed by atoms with van der Waals surface area (Å²) in [6.45, 7) is 5.28. The maximum absolute atomic E-state index is 13.8. The number of piperidine rings is 1. The summed E-state index contributed by atoms with van der Waals surface area (Å²) >= 11 is 5.23. The van der Waals surface area contributed by atoms with Crippen molar-refractivity contribution < 1.29 is 9.53 Å². The fourth-order valence-corrected chi connectivity index (χ4v) is 5.96. The van der Waals surface area contributed by atoms with Crippen LogP contribution in [0.25, 0.3) is 0 Å². The number of thioether (sulfide) groups is 1. The van der Waals surface area contributed by atoms with E-state index >= 15 is 0 Å². The van der Waals surface area contributed by atoms with Crippen LogP contribution in [0.3, 0.4) is 0 Å². The minimum absolute atomic E-state index is 0.188. The Labute approximate surface area is 173 Å². The molecule has 2 aromatic rings. The first kappa shape index (κ1) is 19.0. The van der Waals surface area contributed by atoms with E-state index in [0.29, 0.717) is 17.9 Å². The number of ether oxygens (including phenoxy) is 1. The number of aryl methyl sites for hydroxylation is 1. The fourth-order valence-electron chi connectivity index (χ4n) is 3.96. The number of benzene rings is 2. The number of ketones is 1. The van der Waals surface area contributed by atoms with Gasteiger partial charge in [0.15, 0.2) is 5.78 Å². The zero-order valence-corrected chi connectivity index (χ0v) is 17.9. The molecular formula is C22H24BrNO2S. The van der Waals surface area contributed by atoms with Crippen LogP contribution in [0.1, 0.15) is 35.2 Å². The van der Waals surface area contributed by atoms with E-state index in [4.69, 9.17) is 4.74 Å². The third-order valence-electron chi connectivity index (χ3n) is 5.28. The van der Waals surface area contributed by atoms with Crippen molar-refractivity contribution in [3.05, 3.63) is 58.1 Å². The van der Waals surface area contributed by atoms with Gasteiger partial charge in [-0.1, -0.05) is 24.6 Å². The molecule has 0 N–H and O–H groups in total. The molecule has 0 saturated carbocycles. The number of carbonyl (C=O) groups excluding carboxylic acids is 1. The van der Waals surface area contributed by atoms with Gasteiger partial charge in [0.2, 0.25) is 0 Å². The van der Waals surface area contributed by atoms with Crippen molar-refractivity contribution in [3.8, 4) is 5.75 Å². The first-order chi connectivity index (χ1) is 13.1. The maximum Gasteiger partial charge on any atom is 0.187 e. The lowest BCUT2D eigenvalue weighted by Crippen LogP contribution is -2.53. The Kier molecular flexibility index (Phi) is 5.62. The van der Waals surface area contributed by atoms with E-state index in [0.717, 1.165) is 34.6 Å². The molecule has 0 aliphatic carbocycles. The summed E-state index contributed by atoms with van der Waals surface area (Å²) in [4.78, 5) is 17.3. The molecule has 1 unspecified atom stereocenters. The predicted octanol–water partition coefficient (Wildman–Crippen LogP) is 5.35. The standard InChI is InChI=1S/C22H24BrNO2S/c1-16-12-18-20(19(23)13-16)26-15-22(21(18)25,14-24-10-6-3-7-11-24)27-17-8-4-2-5-9-17/h2,4-5,8-9,12-13H,3,6-7,10-11,14-15H2,1H3. The summed E-state index contributed by atoms with van der Waals surface area (Å²) in [6.07, 6.45) is 3.71. The molecule has 0 bridgehead atoms. The SMILES string of the molecule is Cc1cc(Br)c2c(c1)C(=O)C(CN1CCCCC1)(Sc1ccccc1)CO2. The van der Waals surface area contributed by atoms with E-state index in [1.165, 1.54) is 19.3 Å². The number of Topliss-reactive ketones (excluding diaryl/α,β-unsaturated/α-hetero) is 1. The number of likely N-dealkylation sites (tertiary alicyclic amines) is 1. The van der Waals surface area contributed by atoms with Gasteiger partial charge in [-0.25, -0.2) is 0 Å². The highest BCUT2D eigenvalue weighted by Crippen LogP contribution is 2.44. The van der Waals surface area contributed by atoms with Crippen LogP contribution in [0.2, 0.25) is 0 Å². The molecule has 2 aromatic carbocycles. The smallest absolute Gasteiger partial charge is 0.187 e. The van der Waals surface area contributed by atoms with Crippen molar-refractivity contribution >= 4 is 33.5 Å². The number of halogens is 1. The van der Waals surface area contributed by atoms with Crippen molar-refractivity contribution in [2.24, 2.45) is 0 Å². The second-order valence-corrected chi connectivity index (χ2v) is 9.80. The summed E-state index contributed by atoms with van der Waals surface area (Å²) in [6, 6.07) is 14.2. The van der Waals surface area contributed by atoms with Gasteiger partial charge in [0.1, 0.15) is 17.1 Å². The lowest BCUT2D eigenvalue weighted by Gasteiger charge is -2.40. The van der Waals surface area contributed by atoms with Gasteiger partial charge >= 0.3 is 0 Å². The van der Waals surface area contributed by atoms with Crippen LogP contribution in [0.4, 0.5) is 0 Å². The molecule has 0 aromatic heterocycles. The first-order valence-electron chi connectivity index (χ1n) is 9.52. The Morgan fingerprint density at radius 2 is 1.89 bits per heavy atom. The van der Waals surface area contributed by atoms with Gasteiger partial charge in [0.25, 0.3) is 0 Å². The summed E-state index contributed by atoms with van der Waals surface area (Å²) < 4.78 is 6.45. The van der Waals surface area contributed by atoms with E-state index in [1.54, 1.807) is 11.8 Å². The molecule has 2 aliphatic heterocycles. The molecule has 0 spiro atoms. The average Bonchev–Trinajstić information content (AvgIpc) is 2.67. The first-order valence-corrected chi connectivity index (χ1v) is 11.1. The second kappa shape index (κ2) is 7.98. The van der Waals surface area contributed by atoms with Crippen molar-refractivity contribution in [1.29, 1.82) is 0 Å². The Bertz CT molecular complexity index is 836. The Balaban J connectivity index is 1.72. The molecular weight excluding hydrogens is 422 g/mol. The number of carbonyl (C=O) groups is 1. The minimum atomic E-state index is -0.612. The van der Waals surface area contributed by atoms with E-state index in [1.807, 2.05) is 37.3 Å². The number of nitrogens with zero attached hydrogens (tertiary/aromatic N) is 1. The number of hydrogen-bond donors (Lipinski definition) is 0. The maximum atomic E-state index is 13.8. The molecule has 5 heteroatoms. The van der Waals surface area contributed by atoms with Crippen LogP contribution in [0.15, 0.2) is 51.8 Å². The summed E-state index contributed by atoms with van der Waals surface area (Å²) in [7, 11) is 0. The molecule has 2 heterocycles. The zero-order valence-electron chi connectivity index (χ0n) is 15.5. The molecule has 2 aliphatic rings. The minimum Gasteiger partial charge on any atom is -0.490 e. The molecule has 0 radical (unpaired) electrons. The van der Waals surface area contributed by atoms with Crippen LogP contribution >= 0.6 is 27.7 Å². The van der Waals surface area contributed by atoms with Crippen LogP contribution in [-0.4, -0.2) is 41.7 Å². The van der Waals surface area contributed by atoms with Crippen LogP contribution in [0, 0.1) is 6.92 Å². The second-order valence-electron chi connectivity index (χ2n) is 7.49. The summed E-state index contributed by atoms with van der Waals surface area (Å²) in [5.41, 5.74) is 1.77. The Morgan fingerprint density at radius 1 is 1.15 bits per heavy atom. The van der Waals surface area contributed by atoms with Gasteiger partial charge in [0.05, 0.1) is 10.0 Å². The average molecular weight is 446 g/mol. The molecule has 3 nitrogen and oxygen atoms in total. The molecule has 0 amide bonds. The van der Waals surface area contributed by atoms with E-state index in [9.17, 15) is 4.79 Å². The number of fused-ring (bicyclic) bond motifs is 1. The Morgan fingerprint density at radius 3 is 2.63 bits per heavy atom. The molecule has 4 rings (SSSR count). The molecule has 1 atom stereocenters. The van der Waals surface area contributed by atoms with Crippen molar-refractivity contribution in [2.75, 3.05) is 26.2 Å². The van der Waals surface area contributed by atoms with Crippen molar-refractivity contribution in [2.45, 2.75) is 35.8 Å². The normalized spacial score (nSPS) is 23.0. The third-order valence-corrected chi connectivity index (χ3v) is 7.20. The number of hydrogen-bond acceptors (Lipinski definition) is 4. The van der Waals surface area contributed by atoms with Crippen molar-refractivity contribution in [1.82, 2.24) is 4.90 Å². The van der Waals surface area contributed by atoms with Gasteiger partial charge in [-0.15, -0.1) is 11.8 Å². The van der Waals surface area contributed by atoms with Crippen LogP contribution in [0.5, 0.6) is 5.75 Å². The molecule has 1 saturated heterocycles. The lowest BCUT2D eigenvalue weighted by atomic mass is 9.92. The van der Waals surface area contributed by atoms with Crippen LogP contribution in [-0.2, 0) is 0 Å². The Hall–Kier alpha value is -1.30. The zero-order chi connectivity index (χ0) is 18.9. The summed E-state index contributed by atoms with van der Waals surface area (Å²) in [5, 5.41) is 0. The molecule has 1 fully saturated rings. The predicted molar refractivity (Wildman–Crippen MR) is 114 cm³/mol. The molecule has 27 heavy (non-hydrogen) atoms. The largest absolute Gasteiger partial charge is 0.490 e. The quantitative estimate of drug-likeness (QED) is 0.634. The number of rotatable bonds is 4. The molecule has 142 valence electrons. The highest BCUT2D eigenvalue weighted by atomic mass is 79.9. The van der Waals surface area contributed by atoms with Gasteiger partial charge in [-0.3, -0.25) is 4.79 Å². The van der Waals surface area contributed by atoms with Gasteiger partial charge in [0, 0.05) is 11.4 Å². The van der Waals surface area contributed by atoms with Gasteiger partial charge < -0.3 is 9.64 Å².